The summed E-state index contributed by atoms with van der Waals surface area (Å²) in [5.41, 5.74) is 2.83. The van der Waals surface area contributed by atoms with Crippen molar-refractivity contribution in [3.8, 4) is 5.75 Å². The van der Waals surface area contributed by atoms with Crippen LogP contribution in [-0.4, -0.2) is 29.6 Å². The van der Waals surface area contributed by atoms with E-state index in [-0.39, 0.29) is 5.91 Å². The van der Waals surface area contributed by atoms with E-state index in [0.717, 1.165) is 29.7 Å². The molecule has 2 aliphatic rings. The van der Waals surface area contributed by atoms with Crippen molar-refractivity contribution in [2.45, 2.75) is 69.6 Å². The smallest absolute Gasteiger partial charge is 0.260 e. The molecule has 0 saturated heterocycles. The van der Waals surface area contributed by atoms with Crippen LogP contribution in [0.2, 0.25) is 0 Å². The highest BCUT2D eigenvalue weighted by atomic mass is 32.2. The fourth-order valence-electron chi connectivity index (χ4n) is 3.64. The fraction of sp³-hybridized carbons (Fsp3) is 0.650. The fourth-order valence-corrected chi connectivity index (χ4v) is 4.86. The second kappa shape index (κ2) is 8.80. The Morgan fingerprint density at radius 1 is 1.21 bits per heavy atom. The molecule has 1 aromatic rings. The minimum absolute atomic E-state index is 0.0141. The van der Waals surface area contributed by atoms with Gasteiger partial charge < -0.3 is 10.1 Å². The van der Waals surface area contributed by atoms with Crippen LogP contribution in [-0.2, 0) is 17.6 Å². The number of hydrogen-bond donors (Lipinski definition) is 1. The number of benzene rings is 1. The molecule has 1 saturated carbocycles. The predicted molar refractivity (Wildman–Crippen MR) is 101 cm³/mol. The lowest BCUT2D eigenvalue weighted by atomic mass is 9.92. The topological polar surface area (TPSA) is 38.3 Å². The molecule has 1 N–H and O–H groups in total. The van der Waals surface area contributed by atoms with E-state index in [4.69, 9.17) is 4.74 Å². The van der Waals surface area contributed by atoms with Crippen LogP contribution < -0.4 is 10.1 Å². The van der Waals surface area contributed by atoms with Crippen LogP contribution in [0.25, 0.3) is 0 Å². The normalized spacial score (nSPS) is 18.9. The van der Waals surface area contributed by atoms with Gasteiger partial charge in [0.25, 0.3) is 5.91 Å². The summed E-state index contributed by atoms with van der Waals surface area (Å²) >= 11 is 2.00. The third kappa shape index (κ3) is 4.92. The Kier molecular flexibility index (Phi) is 6.47. The number of hydrogen-bond acceptors (Lipinski definition) is 3. The third-order valence-corrected chi connectivity index (χ3v) is 6.44. The Labute approximate surface area is 149 Å². The second-order valence-corrected chi connectivity index (χ2v) is 8.37. The van der Waals surface area contributed by atoms with E-state index in [1.165, 1.54) is 56.1 Å². The zero-order chi connectivity index (χ0) is 16.8. The molecule has 132 valence electrons. The largest absolute Gasteiger partial charge is 0.481 e. The van der Waals surface area contributed by atoms with Crippen LogP contribution in [0.1, 0.15) is 56.6 Å². The molecule has 24 heavy (non-hydrogen) atoms. The molecule has 1 atom stereocenters. The molecule has 0 bridgehead atoms. The van der Waals surface area contributed by atoms with Crippen LogP contribution in [0.5, 0.6) is 5.75 Å². The summed E-state index contributed by atoms with van der Waals surface area (Å²) in [6.45, 7) is 2.57. The summed E-state index contributed by atoms with van der Waals surface area (Å²) in [5.74, 6) is 1.81. The summed E-state index contributed by atoms with van der Waals surface area (Å²) in [5, 5.41) is 3.82. The number of aryl methyl sites for hydroxylation is 2. The highest BCUT2D eigenvalue weighted by molar-refractivity contribution is 7.99. The first-order valence-electron chi connectivity index (χ1n) is 9.40. The van der Waals surface area contributed by atoms with Crippen LogP contribution in [0.4, 0.5) is 0 Å². The first-order valence-corrected chi connectivity index (χ1v) is 10.4. The molecular formula is C20H29NO2S. The maximum atomic E-state index is 12.2. The van der Waals surface area contributed by atoms with Gasteiger partial charge in [0.15, 0.2) is 6.10 Å². The Hall–Kier alpha value is -1.16. The van der Waals surface area contributed by atoms with E-state index in [1.54, 1.807) is 0 Å². The summed E-state index contributed by atoms with van der Waals surface area (Å²) < 4.78 is 5.85. The van der Waals surface area contributed by atoms with Gasteiger partial charge in [-0.25, -0.2) is 0 Å². The molecule has 1 unspecified atom stereocenters. The van der Waals surface area contributed by atoms with Crippen molar-refractivity contribution >= 4 is 17.7 Å². The molecule has 3 rings (SSSR count). The van der Waals surface area contributed by atoms with Crippen molar-refractivity contribution in [2.75, 3.05) is 12.3 Å². The summed E-state index contributed by atoms with van der Waals surface area (Å²) in [7, 11) is 0. The molecule has 1 amide bonds. The number of ether oxygens (including phenoxy) is 1. The lowest BCUT2D eigenvalue weighted by Gasteiger charge is -2.19. The van der Waals surface area contributed by atoms with Crippen LogP contribution in [0.15, 0.2) is 18.2 Å². The van der Waals surface area contributed by atoms with E-state index in [2.05, 4.69) is 17.4 Å². The number of carbonyl (C=O) groups excluding carboxylic acids is 1. The number of amides is 1. The van der Waals surface area contributed by atoms with Gasteiger partial charge in [-0.15, -0.1) is 0 Å². The van der Waals surface area contributed by atoms with Crippen molar-refractivity contribution in [1.82, 2.24) is 5.32 Å². The predicted octanol–water partition coefficient (Wildman–Crippen LogP) is 4.12. The van der Waals surface area contributed by atoms with Crippen molar-refractivity contribution < 1.29 is 9.53 Å². The van der Waals surface area contributed by atoms with Crippen LogP contribution in [0, 0.1) is 0 Å². The van der Waals surface area contributed by atoms with Crippen LogP contribution in [0.3, 0.4) is 0 Å². The van der Waals surface area contributed by atoms with Crippen LogP contribution >= 0.6 is 11.8 Å². The quantitative estimate of drug-likeness (QED) is 0.754. The Balaban J connectivity index is 1.40. The van der Waals surface area contributed by atoms with Gasteiger partial charge in [-0.2, -0.15) is 11.8 Å². The molecule has 2 aliphatic carbocycles. The summed E-state index contributed by atoms with van der Waals surface area (Å²) in [6, 6.07) is 6.28. The highest BCUT2D eigenvalue weighted by Gasteiger charge is 2.17. The molecule has 0 aliphatic heterocycles. The van der Waals surface area contributed by atoms with E-state index >= 15 is 0 Å². The number of carbonyl (C=O) groups is 1. The van der Waals surface area contributed by atoms with E-state index in [0.29, 0.717) is 0 Å². The SMILES string of the molecule is CC(Oc1ccc2c(c1)CCCC2)C(=O)NCCSC1CCCC1. The average Bonchev–Trinajstić information content (AvgIpc) is 3.12. The molecule has 0 spiro atoms. The lowest BCUT2D eigenvalue weighted by Crippen LogP contribution is -2.37. The molecule has 0 aromatic heterocycles. The van der Waals surface area contributed by atoms with Gasteiger partial charge in [0.05, 0.1) is 0 Å². The lowest BCUT2D eigenvalue weighted by molar-refractivity contribution is -0.127. The molecule has 0 radical (unpaired) electrons. The average molecular weight is 348 g/mol. The minimum atomic E-state index is -0.442. The maximum absolute atomic E-state index is 12.2. The number of nitrogens with one attached hydrogen (secondary N) is 1. The van der Waals surface area contributed by atoms with E-state index in [1.807, 2.05) is 24.8 Å². The Morgan fingerprint density at radius 3 is 2.75 bits per heavy atom. The standard InChI is InChI=1S/C20H29NO2S/c1-15(20(22)21-12-13-24-19-8-4-5-9-19)23-18-11-10-16-6-2-3-7-17(16)14-18/h10-11,14-15,19H,2-9,12-13H2,1H3,(H,21,22). The zero-order valence-electron chi connectivity index (χ0n) is 14.7. The van der Waals surface area contributed by atoms with Crippen molar-refractivity contribution in [3.63, 3.8) is 0 Å². The van der Waals surface area contributed by atoms with E-state index in [9.17, 15) is 4.79 Å². The minimum Gasteiger partial charge on any atom is -0.481 e. The Morgan fingerprint density at radius 2 is 1.96 bits per heavy atom. The maximum Gasteiger partial charge on any atom is 0.260 e. The molecule has 0 heterocycles. The van der Waals surface area contributed by atoms with Gasteiger partial charge in [0.1, 0.15) is 5.75 Å². The van der Waals surface area contributed by atoms with Crippen molar-refractivity contribution in [1.29, 1.82) is 0 Å². The van der Waals surface area contributed by atoms with Gasteiger partial charge in [0.2, 0.25) is 0 Å². The molecular weight excluding hydrogens is 318 g/mol. The zero-order valence-corrected chi connectivity index (χ0v) is 15.5. The molecule has 4 heteroatoms. The monoisotopic (exact) mass is 347 g/mol. The second-order valence-electron chi connectivity index (χ2n) is 6.97. The molecule has 1 aromatic carbocycles. The molecule has 1 fully saturated rings. The van der Waals surface area contributed by atoms with Gasteiger partial charge in [-0.1, -0.05) is 18.9 Å². The van der Waals surface area contributed by atoms with Gasteiger partial charge in [0, 0.05) is 17.5 Å². The summed E-state index contributed by atoms with van der Waals surface area (Å²) in [4.78, 5) is 12.2. The van der Waals surface area contributed by atoms with Gasteiger partial charge >= 0.3 is 0 Å². The van der Waals surface area contributed by atoms with Gasteiger partial charge in [-0.3, -0.25) is 4.79 Å². The highest BCUT2D eigenvalue weighted by Crippen LogP contribution is 2.29. The first kappa shape index (κ1) is 17.7. The van der Waals surface area contributed by atoms with Crippen molar-refractivity contribution in [3.05, 3.63) is 29.3 Å². The first-order chi connectivity index (χ1) is 11.7. The Bertz CT molecular complexity index is 555. The van der Waals surface area contributed by atoms with Gasteiger partial charge in [-0.05, 0) is 68.7 Å². The third-order valence-electron chi connectivity index (χ3n) is 5.06. The number of fused-ring (bicyclic) bond motifs is 1. The summed E-state index contributed by atoms with van der Waals surface area (Å²) in [6.07, 6.45) is 9.83. The van der Waals surface area contributed by atoms with E-state index < -0.39 is 6.10 Å². The number of thioether (sulfide) groups is 1. The molecule has 3 nitrogen and oxygen atoms in total. The van der Waals surface area contributed by atoms with Crippen molar-refractivity contribution in [2.24, 2.45) is 0 Å². The number of rotatable bonds is 7.